The standard InChI is InChI=1S/C17H24N2O3.C2H4O2/c18-13-5-7-14(8-6-13)22-16-4-2-1-3-15(16)17(20)19-9-11-21-12-10-19;1-2(3)4/h1-4,13-14H,5-12,18H2;1H3,(H,3,4). The van der Waals surface area contributed by atoms with Crippen LogP contribution in [0.25, 0.3) is 0 Å². The number of benzene rings is 1. The minimum atomic E-state index is -0.833. The minimum Gasteiger partial charge on any atom is -0.490 e. The molecule has 144 valence electrons. The Kier molecular flexibility index (Phi) is 7.87. The number of nitrogens with zero attached hydrogens (tertiary/aromatic N) is 1. The molecule has 3 N–H and O–H groups in total. The second kappa shape index (κ2) is 10.1. The fourth-order valence-electron chi connectivity index (χ4n) is 3.07. The van der Waals surface area contributed by atoms with Gasteiger partial charge in [-0.2, -0.15) is 0 Å². The molecule has 1 amide bonds. The van der Waals surface area contributed by atoms with E-state index in [-0.39, 0.29) is 12.0 Å². The van der Waals surface area contributed by atoms with Crippen molar-refractivity contribution in [1.82, 2.24) is 4.90 Å². The van der Waals surface area contributed by atoms with Crippen LogP contribution in [-0.2, 0) is 9.53 Å². The number of carbonyl (C=O) groups excluding carboxylic acids is 1. The van der Waals surface area contributed by atoms with Crippen LogP contribution in [0, 0.1) is 0 Å². The van der Waals surface area contributed by atoms with E-state index in [4.69, 9.17) is 25.1 Å². The maximum Gasteiger partial charge on any atom is 0.300 e. The number of morpholine rings is 1. The molecular weight excluding hydrogens is 336 g/mol. The monoisotopic (exact) mass is 364 g/mol. The van der Waals surface area contributed by atoms with Crippen molar-refractivity contribution in [3.8, 4) is 5.75 Å². The number of carboxylic acid groups (broad SMARTS) is 1. The summed E-state index contributed by atoms with van der Waals surface area (Å²) in [4.78, 5) is 23.5. The Bertz CT molecular complexity index is 589. The Morgan fingerprint density at radius 1 is 1.15 bits per heavy atom. The van der Waals surface area contributed by atoms with Gasteiger partial charge in [0.15, 0.2) is 0 Å². The fraction of sp³-hybridized carbons (Fsp3) is 0.579. The molecule has 0 radical (unpaired) electrons. The van der Waals surface area contributed by atoms with Crippen molar-refractivity contribution in [2.75, 3.05) is 26.3 Å². The summed E-state index contributed by atoms with van der Waals surface area (Å²) in [5, 5.41) is 7.42. The van der Waals surface area contributed by atoms with Gasteiger partial charge in [0.1, 0.15) is 5.75 Å². The Hall–Kier alpha value is -2.12. The van der Waals surface area contributed by atoms with Crippen molar-refractivity contribution in [3.63, 3.8) is 0 Å². The van der Waals surface area contributed by atoms with Crippen LogP contribution in [0.2, 0.25) is 0 Å². The Morgan fingerprint density at radius 2 is 1.73 bits per heavy atom. The van der Waals surface area contributed by atoms with Gasteiger partial charge >= 0.3 is 0 Å². The average molecular weight is 364 g/mol. The summed E-state index contributed by atoms with van der Waals surface area (Å²) in [6.45, 7) is 3.58. The molecule has 1 saturated carbocycles. The van der Waals surface area contributed by atoms with Gasteiger partial charge in [-0.3, -0.25) is 9.59 Å². The largest absolute Gasteiger partial charge is 0.490 e. The van der Waals surface area contributed by atoms with E-state index >= 15 is 0 Å². The molecule has 26 heavy (non-hydrogen) atoms. The molecule has 3 rings (SSSR count). The third-order valence-electron chi connectivity index (χ3n) is 4.43. The summed E-state index contributed by atoms with van der Waals surface area (Å²) < 4.78 is 11.4. The van der Waals surface area contributed by atoms with Gasteiger partial charge < -0.3 is 25.2 Å². The van der Waals surface area contributed by atoms with E-state index in [2.05, 4.69) is 0 Å². The van der Waals surface area contributed by atoms with Gasteiger partial charge in [0, 0.05) is 26.1 Å². The number of nitrogens with two attached hydrogens (primary N) is 1. The molecule has 1 saturated heterocycles. The van der Waals surface area contributed by atoms with Gasteiger partial charge in [-0.15, -0.1) is 0 Å². The lowest BCUT2D eigenvalue weighted by Crippen LogP contribution is -2.41. The number of rotatable bonds is 3. The summed E-state index contributed by atoms with van der Waals surface area (Å²) in [5.41, 5.74) is 6.59. The van der Waals surface area contributed by atoms with Crippen LogP contribution in [0.15, 0.2) is 24.3 Å². The molecule has 1 heterocycles. The molecule has 2 fully saturated rings. The van der Waals surface area contributed by atoms with E-state index in [0.717, 1.165) is 32.6 Å². The first-order chi connectivity index (χ1) is 12.5. The first kappa shape index (κ1) is 20.2. The van der Waals surface area contributed by atoms with Gasteiger partial charge in [-0.25, -0.2) is 0 Å². The van der Waals surface area contributed by atoms with Crippen molar-refractivity contribution in [3.05, 3.63) is 29.8 Å². The van der Waals surface area contributed by atoms with E-state index in [1.165, 1.54) is 0 Å². The van der Waals surface area contributed by atoms with E-state index in [9.17, 15) is 4.79 Å². The number of amides is 1. The van der Waals surface area contributed by atoms with Crippen LogP contribution in [0.4, 0.5) is 0 Å². The highest BCUT2D eigenvalue weighted by molar-refractivity contribution is 5.97. The van der Waals surface area contributed by atoms with Crippen molar-refractivity contribution in [2.24, 2.45) is 5.73 Å². The summed E-state index contributed by atoms with van der Waals surface area (Å²) in [6, 6.07) is 7.84. The van der Waals surface area contributed by atoms with E-state index in [1.54, 1.807) is 0 Å². The van der Waals surface area contributed by atoms with Crippen molar-refractivity contribution in [2.45, 2.75) is 44.8 Å². The highest BCUT2D eigenvalue weighted by atomic mass is 16.5. The lowest BCUT2D eigenvalue weighted by Gasteiger charge is -2.29. The van der Waals surface area contributed by atoms with Gasteiger partial charge in [-0.05, 0) is 37.8 Å². The SMILES string of the molecule is CC(=O)O.NC1CCC(Oc2ccccc2C(=O)N2CCOCC2)CC1. The van der Waals surface area contributed by atoms with Crippen LogP contribution in [0.1, 0.15) is 43.0 Å². The Labute approximate surface area is 154 Å². The molecule has 7 nitrogen and oxygen atoms in total. The average Bonchev–Trinajstić information content (AvgIpc) is 2.64. The number of ether oxygens (including phenoxy) is 2. The molecule has 1 aliphatic heterocycles. The molecule has 1 aromatic carbocycles. The summed E-state index contributed by atoms with van der Waals surface area (Å²) in [6.07, 6.45) is 4.07. The molecule has 0 aromatic heterocycles. The highest BCUT2D eigenvalue weighted by Crippen LogP contribution is 2.26. The van der Waals surface area contributed by atoms with Crippen molar-refractivity contribution >= 4 is 11.9 Å². The Morgan fingerprint density at radius 3 is 2.35 bits per heavy atom. The van der Waals surface area contributed by atoms with Crippen molar-refractivity contribution < 1.29 is 24.2 Å². The number of carboxylic acids is 1. The van der Waals surface area contributed by atoms with Crippen LogP contribution < -0.4 is 10.5 Å². The predicted molar refractivity (Wildman–Crippen MR) is 97.3 cm³/mol. The first-order valence-corrected chi connectivity index (χ1v) is 9.05. The van der Waals surface area contributed by atoms with E-state index < -0.39 is 5.97 Å². The zero-order valence-corrected chi connectivity index (χ0v) is 15.2. The van der Waals surface area contributed by atoms with E-state index in [1.807, 2.05) is 29.2 Å². The quantitative estimate of drug-likeness (QED) is 0.849. The van der Waals surface area contributed by atoms with Crippen molar-refractivity contribution in [1.29, 1.82) is 0 Å². The molecule has 2 aliphatic rings. The number of para-hydroxylation sites is 1. The minimum absolute atomic E-state index is 0.0337. The number of aliphatic carboxylic acids is 1. The smallest absolute Gasteiger partial charge is 0.300 e. The van der Waals surface area contributed by atoms with Crippen LogP contribution in [0.5, 0.6) is 5.75 Å². The van der Waals surface area contributed by atoms with E-state index in [0.29, 0.717) is 43.7 Å². The lowest BCUT2D eigenvalue weighted by atomic mass is 9.93. The fourth-order valence-corrected chi connectivity index (χ4v) is 3.07. The maximum atomic E-state index is 12.7. The second-order valence-electron chi connectivity index (χ2n) is 6.57. The molecule has 0 atom stereocenters. The van der Waals surface area contributed by atoms with Crippen LogP contribution >= 0.6 is 0 Å². The maximum absolute atomic E-state index is 12.7. The predicted octanol–water partition coefficient (Wildman–Crippen LogP) is 1.90. The lowest BCUT2D eigenvalue weighted by molar-refractivity contribution is -0.134. The molecule has 0 unspecified atom stereocenters. The van der Waals surface area contributed by atoms with Crippen LogP contribution in [0.3, 0.4) is 0 Å². The number of hydrogen-bond acceptors (Lipinski definition) is 5. The van der Waals surface area contributed by atoms with Gasteiger partial charge in [0.25, 0.3) is 11.9 Å². The second-order valence-corrected chi connectivity index (χ2v) is 6.57. The molecule has 0 bridgehead atoms. The zero-order valence-electron chi connectivity index (χ0n) is 15.2. The Balaban J connectivity index is 0.000000552. The number of hydrogen-bond donors (Lipinski definition) is 2. The molecule has 1 aliphatic carbocycles. The molecule has 1 aromatic rings. The summed E-state index contributed by atoms with van der Waals surface area (Å²) >= 11 is 0. The zero-order chi connectivity index (χ0) is 18.9. The van der Waals surface area contributed by atoms with Gasteiger partial charge in [0.05, 0.1) is 24.9 Å². The number of carbonyl (C=O) groups is 2. The van der Waals surface area contributed by atoms with Gasteiger partial charge in [0.2, 0.25) is 0 Å². The molecular formula is C19H28N2O5. The summed E-state index contributed by atoms with van der Waals surface area (Å²) in [7, 11) is 0. The van der Waals surface area contributed by atoms with Gasteiger partial charge in [-0.1, -0.05) is 12.1 Å². The first-order valence-electron chi connectivity index (χ1n) is 9.05. The molecule has 0 spiro atoms. The third-order valence-corrected chi connectivity index (χ3v) is 4.43. The topological polar surface area (TPSA) is 102 Å². The normalized spacial score (nSPS) is 22.8. The van der Waals surface area contributed by atoms with Crippen LogP contribution in [-0.4, -0.2) is 60.3 Å². The summed E-state index contributed by atoms with van der Waals surface area (Å²) in [5.74, 6) is -0.106. The highest BCUT2D eigenvalue weighted by Gasteiger charge is 2.24. The third kappa shape index (κ3) is 6.31. The molecule has 7 heteroatoms.